The van der Waals surface area contributed by atoms with Crippen LogP contribution in [0.1, 0.15) is 29.3 Å². The van der Waals surface area contributed by atoms with Crippen LogP contribution in [-0.4, -0.2) is 30.0 Å². The van der Waals surface area contributed by atoms with Crippen LogP contribution in [0.3, 0.4) is 0 Å². The molecule has 1 amide bonds. The first-order valence-electron chi connectivity index (χ1n) is 6.75. The summed E-state index contributed by atoms with van der Waals surface area (Å²) in [5.74, 6) is 1.34. The fourth-order valence-corrected chi connectivity index (χ4v) is 3.33. The van der Waals surface area contributed by atoms with Gasteiger partial charge in [-0.1, -0.05) is 0 Å². The molecule has 1 unspecified atom stereocenters. The molecule has 0 saturated carbocycles. The lowest BCUT2D eigenvalue weighted by atomic mass is 10.1. The molecule has 0 radical (unpaired) electrons. The first kappa shape index (κ1) is 16.0. The minimum absolute atomic E-state index is 0.00188. The number of rotatable bonds is 4. The third kappa shape index (κ3) is 4.06. The first-order valence-corrected chi connectivity index (χ1v) is 7.91. The van der Waals surface area contributed by atoms with Gasteiger partial charge in [0.05, 0.1) is 5.56 Å². The van der Waals surface area contributed by atoms with Gasteiger partial charge in [0, 0.05) is 29.6 Å². The van der Waals surface area contributed by atoms with Gasteiger partial charge in [0.15, 0.2) is 0 Å². The number of carbonyl (C=O) groups excluding carboxylic acids is 1. The normalized spacial score (nSPS) is 18.6. The molecule has 0 aliphatic carbocycles. The van der Waals surface area contributed by atoms with Gasteiger partial charge < -0.3 is 10.6 Å². The molecule has 1 aliphatic heterocycles. The predicted molar refractivity (Wildman–Crippen MR) is 78.8 cm³/mol. The van der Waals surface area contributed by atoms with E-state index in [-0.39, 0.29) is 17.3 Å². The smallest absolute Gasteiger partial charge is 0.385 e. The summed E-state index contributed by atoms with van der Waals surface area (Å²) in [6.07, 6.45) is -3.63. The van der Waals surface area contributed by atoms with Crippen LogP contribution in [0.25, 0.3) is 0 Å². The van der Waals surface area contributed by atoms with Crippen molar-refractivity contribution in [3.63, 3.8) is 0 Å². The molecule has 0 bridgehead atoms. The maximum absolute atomic E-state index is 13.0. The highest BCUT2D eigenvalue weighted by molar-refractivity contribution is 7.99. The Morgan fingerprint density at radius 1 is 1.43 bits per heavy atom. The highest BCUT2D eigenvalue weighted by atomic mass is 32.2. The van der Waals surface area contributed by atoms with Crippen molar-refractivity contribution in [2.45, 2.75) is 25.6 Å². The molecule has 1 atom stereocenters. The minimum Gasteiger partial charge on any atom is -0.385 e. The molecule has 1 fully saturated rings. The number of anilines is 1. The van der Waals surface area contributed by atoms with Crippen molar-refractivity contribution < 1.29 is 18.0 Å². The molecule has 2 rings (SSSR count). The number of halogens is 3. The van der Waals surface area contributed by atoms with Crippen LogP contribution in [0.15, 0.2) is 18.2 Å². The predicted octanol–water partition coefficient (Wildman–Crippen LogP) is 3.37. The molecule has 21 heavy (non-hydrogen) atoms. The van der Waals surface area contributed by atoms with Crippen molar-refractivity contribution in [3.05, 3.63) is 29.3 Å². The second-order valence-electron chi connectivity index (χ2n) is 4.82. The molecular weight excluding hydrogens is 301 g/mol. The monoisotopic (exact) mass is 318 g/mol. The fraction of sp³-hybridized carbons (Fsp3) is 0.500. The Labute approximate surface area is 125 Å². The summed E-state index contributed by atoms with van der Waals surface area (Å²) in [5.41, 5.74) is -0.767. The van der Waals surface area contributed by atoms with Crippen LogP contribution >= 0.6 is 11.8 Å². The number of hydrogen-bond donors (Lipinski definition) is 2. The van der Waals surface area contributed by atoms with Gasteiger partial charge in [-0.15, -0.1) is 0 Å². The Kier molecular flexibility index (Phi) is 5.03. The third-order valence-corrected chi connectivity index (χ3v) is 4.38. The number of thioether (sulfide) groups is 1. The summed E-state index contributed by atoms with van der Waals surface area (Å²) in [4.78, 5) is 12.0. The van der Waals surface area contributed by atoms with Gasteiger partial charge in [-0.05, 0) is 37.3 Å². The van der Waals surface area contributed by atoms with Crippen molar-refractivity contribution in [3.8, 4) is 0 Å². The topological polar surface area (TPSA) is 41.1 Å². The fourth-order valence-electron chi connectivity index (χ4n) is 2.18. The number of alkyl halides is 3. The molecule has 7 heteroatoms. The zero-order valence-corrected chi connectivity index (χ0v) is 12.4. The Morgan fingerprint density at radius 2 is 2.19 bits per heavy atom. The van der Waals surface area contributed by atoms with E-state index in [0.717, 1.165) is 24.0 Å². The van der Waals surface area contributed by atoms with Crippen LogP contribution in [-0.2, 0) is 6.18 Å². The summed E-state index contributed by atoms with van der Waals surface area (Å²) in [6, 6.07) is 3.69. The summed E-state index contributed by atoms with van der Waals surface area (Å²) in [6.45, 7) is 2.10. The maximum Gasteiger partial charge on any atom is 0.418 e. The second kappa shape index (κ2) is 6.60. The van der Waals surface area contributed by atoms with E-state index in [1.807, 2.05) is 0 Å². The van der Waals surface area contributed by atoms with E-state index in [9.17, 15) is 18.0 Å². The largest absolute Gasteiger partial charge is 0.418 e. The summed E-state index contributed by atoms with van der Waals surface area (Å²) in [5, 5.41) is 5.44. The van der Waals surface area contributed by atoms with E-state index in [2.05, 4.69) is 10.6 Å². The van der Waals surface area contributed by atoms with Gasteiger partial charge in [-0.25, -0.2) is 0 Å². The van der Waals surface area contributed by atoms with Crippen LogP contribution in [0.5, 0.6) is 0 Å². The van der Waals surface area contributed by atoms with E-state index in [4.69, 9.17) is 0 Å². The Bertz CT molecular complexity index is 513. The van der Waals surface area contributed by atoms with Crippen LogP contribution in [0, 0.1) is 0 Å². The van der Waals surface area contributed by atoms with Crippen LogP contribution in [0.4, 0.5) is 18.9 Å². The Hall–Kier alpha value is -1.37. The van der Waals surface area contributed by atoms with E-state index in [0.29, 0.717) is 6.54 Å². The van der Waals surface area contributed by atoms with Crippen molar-refractivity contribution in [2.75, 3.05) is 23.4 Å². The van der Waals surface area contributed by atoms with E-state index >= 15 is 0 Å². The van der Waals surface area contributed by atoms with Gasteiger partial charge in [0.1, 0.15) is 0 Å². The average molecular weight is 318 g/mol. The van der Waals surface area contributed by atoms with Gasteiger partial charge in [-0.2, -0.15) is 24.9 Å². The second-order valence-corrected chi connectivity index (χ2v) is 5.97. The molecule has 116 valence electrons. The van der Waals surface area contributed by atoms with Crippen LogP contribution in [0.2, 0.25) is 0 Å². The summed E-state index contributed by atoms with van der Waals surface area (Å²) >= 11 is 1.73. The molecule has 1 saturated heterocycles. The van der Waals surface area contributed by atoms with Crippen LogP contribution < -0.4 is 10.6 Å². The quantitative estimate of drug-likeness (QED) is 0.894. The summed E-state index contributed by atoms with van der Waals surface area (Å²) in [7, 11) is 0. The van der Waals surface area contributed by atoms with Gasteiger partial charge in [0.2, 0.25) is 0 Å². The molecule has 1 heterocycles. The number of carbonyl (C=O) groups is 1. The van der Waals surface area contributed by atoms with Gasteiger partial charge in [0.25, 0.3) is 5.91 Å². The zero-order valence-electron chi connectivity index (χ0n) is 11.6. The van der Waals surface area contributed by atoms with Crippen molar-refractivity contribution in [2.24, 2.45) is 0 Å². The standard InChI is InChI=1S/C14H17F3N2OS/c1-2-18-12-4-3-9(7-11(12)14(15,16)17)13(20)19-10-5-6-21-8-10/h3-4,7,10,18H,2,5-6,8H2,1H3,(H,19,20). The lowest BCUT2D eigenvalue weighted by Crippen LogP contribution is -2.34. The molecule has 0 aromatic heterocycles. The number of benzene rings is 1. The zero-order chi connectivity index (χ0) is 15.5. The van der Waals surface area contributed by atoms with E-state index in [1.54, 1.807) is 18.7 Å². The summed E-state index contributed by atoms with van der Waals surface area (Å²) < 4.78 is 39.1. The van der Waals surface area contributed by atoms with Crippen molar-refractivity contribution in [1.29, 1.82) is 0 Å². The number of hydrogen-bond acceptors (Lipinski definition) is 3. The highest BCUT2D eigenvalue weighted by Crippen LogP contribution is 2.35. The van der Waals surface area contributed by atoms with Crippen molar-refractivity contribution in [1.82, 2.24) is 5.32 Å². The Morgan fingerprint density at radius 3 is 2.76 bits per heavy atom. The Balaban J connectivity index is 2.21. The first-order chi connectivity index (χ1) is 9.91. The molecular formula is C14H17F3N2OS. The number of nitrogens with one attached hydrogen (secondary N) is 2. The average Bonchev–Trinajstić information content (AvgIpc) is 2.91. The van der Waals surface area contributed by atoms with E-state index in [1.165, 1.54) is 12.1 Å². The molecule has 1 aliphatic rings. The lowest BCUT2D eigenvalue weighted by molar-refractivity contribution is -0.137. The van der Waals surface area contributed by atoms with Gasteiger partial charge in [-0.3, -0.25) is 4.79 Å². The maximum atomic E-state index is 13.0. The molecule has 1 aromatic rings. The molecule has 0 spiro atoms. The molecule has 2 N–H and O–H groups in total. The van der Waals surface area contributed by atoms with E-state index < -0.39 is 17.6 Å². The van der Waals surface area contributed by atoms with Crippen molar-refractivity contribution >= 4 is 23.4 Å². The molecule has 3 nitrogen and oxygen atoms in total. The molecule has 1 aromatic carbocycles. The third-order valence-electron chi connectivity index (χ3n) is 3.22. The number of amides is 1. The highest BCUT2D eigenvalue weighted by Gasteiger charge is 2.34. The van der Waals surface area contributed by atoms with Gasteiger partial charge >= 0.3 is 6.18 Å². The lowest BCUT2D eigenvalue weighted by Gasteiger charge is -2.16. The SMILES string of the molecule is CCNc1ccc(C(=O)NC2CCSC2)cc1C(F)(F)F. The minimum atomic E-state index is -4.49.